The van der Waals surface area contributed by atoms with Gasteiger partial charge in [0.05, 0.1) is 0 Å². The highest BCUT2D eigenvalue weighted by atomic mass is 35.5. The van der Waals surface area contributed by atoms with E-state index in [0.717, 1.165) is 4.68 Å². The number of ketones is 1. The van der Waals surface area contributed by atoms with Gasteiger partial charge in [0.15, 0.2) is 11.5 Å². The summed E-state index contributed by atoms with van der Waals surface area (Å²) in [6.07, 6.45) is -4.12. The molecule has 1 N–H and O–H groups in total. The van der Waals surface area contributed by atoms with Gasteiger partial charge < -0.3 is 14.8 Å². The van der Waals surface area contributed by atoms with Crippen molar-refractivity contribution in [2.75, 3.05) is 26.1 Å². The van der Waals surface area contributed by atoms with E-state index in [4.69, 9.17) is 21.1 Å². The summed E-state index contributed by atoms with van der Waals surface area (Å²) in [5.74, 6) is -1.47. The van der Waals surface area contributed by atoms with Crippen LogP contribution < -0.4 is 5.32 Å². The lowest BCUT2D eigenvalue weighted by atomic mass is 9.95. The van der Waals surface area contributed by atoms with E-state index >= 15 is 0 Å². The average Bonchev–Trinajstić information content (AvgIpc) is 3.20. The lowest BCUT2D eigenvalue weighted by molar-refractivity contribution is -0.138. The van der Waals surface area contributed by atoms with Crippen LogP contribution in [0, 0.1) is 0 Å². The van der Waals surface area contributed by atoms with Crippen molar-refractivity contribution in [2.45, 2.75) is 12.9 Å². The van der Waals surface area contributed by atoms with E-state index in [0.29, 0.717) is 22.3 Å². The van der Waals surface area contributed by atoms with Gasteiger partial charge in [-0.3, -0.25) is 9.59 Å². The van der Waals surface area contributed by atoms with Crippen LogP contribution in [0.4, 0.5) is 18.9 Å². The number of methoxy groups -OCH3 is 2. The number of nitrogens with one attached hydrogen (secondary N) is 1. The number of hydrogen-bond acceptors (Lipinski definition) is 5. The van der Waals surface area contributed by atoms with Crippen LogP contribution in [-0.2, 0) is 22.4 Å². The predicted molar refractivity (Wildman–Crippen MR) is 115 cm³/mol. The Bertz CT molecular complexity index is 1160. The van der Waals surface area contributed by atoms with Crippen LogP contribution in [0.5, 0.6) is 0 Å². The molecule has 3 aromatic rings. The van der Waals surface area contributed by atoms with Crippen molar-refractivity contribution < 1.29 is 32.2 Å². The number of halogens is 4. The van der Waals surface area contributed by atoms with E-state index in [1.807, 2.05) is 0 Å². The van der Waals surface area contributed by atoms with Gasteiger partial charge in [-0.05, 0) is 23.8 Å². The second-order valence-electron chi connectivity index (χ2n) is 6.89. The number of carbonyl (C=O) groups is 2. The number of hydrogen-bond donors (Lipinski definition) is 1. The highest BCUT2D eigenvalue weighted by Gasteiger charge is 2.38. The SMILES string of the molecule is COCC(=O)c1cccc(NC(=O)c2nn(COC)cc2C(F)(F)F)c1-c1ccc(Cl)cc1. The van der Waals surface area contributed by atoms with Crippen molar-refractivity contribution >= 4 is 29.0 Å². The maximum absolute atomic E-state index is 13.5. The molecular weight excluding hydrogens is 463 g/mol. The highest BCUT2D eigenvalue weighted by molar-refractivity contribution is 6.30. The number of aromatic nitrogens is 2. The zero-order chi connectivity index (χ0) is 24.2. The van der Waals surface area contributed by atoms with Crippen LogP contribution in [-0.4, -0.2) is 42.3 Å². The molecule has 0 unspecified atom stereocenters. The first-order valence-corrected chi connectivity index (χ1v) is 9.89. The van der Waals surface area contributed by atoms with Crippen molar-refractivity contribution in [3.63, 3.8) is 0 Å². The van der Waals surface area contributed by atoms with E-state index in [1.54, 1.807) is 24.3 Å². The minimum atomic E-state index is -4.81. The largest absolute Gasteiger partial charge is 0.420 e. The van der Waals surface area contributed by atoms with Crippen molar-refractivity contribution in [1.82, 2.24) is 9.78 Å². The van der Waals surface area contributed by atoms with E-state index in [9.17, 15) is 22.8 Å². The van der Waals surface area contributed by atoms with Crippen LogP contribution in [0.1, 0.15) is 26.4 Å². The third-order valence-corrected chi connectivity index (χ3v) is 4.82. The zero-order valence-electron chi connectivity index (χ0n) is 17.6. The molecule has 0 radical (unpaired) electrons. The minimum absolute atomic E-state index is 0.124. The van der Waals surface area contributed by atoms with Gasteiger partial charge in [0, 0.05) is 42.3 Å². The first-order valence-electron chi connectivity index (χ1n) is 9.51. The van der Waals surface area contributed by atoms with E-state index in [1.165, 1.54) is 32.4 Å². The molecule has 0 aliphatic heterocycles. The van der Waals surface area contributed by atoms with Crippen molar-refractivity contribution in [1.29, 1.82) is 0 Å². The fourth-order valence-corrected chi connectivity index (χ4v) is 3.33. The Morgan fingerprint density at radius 1 is 1.09 bits per heavy atom. The Morgan fingerprint density at radius 3 is 2.39 bits per heavy atom. The van der Waals surface area contributed by atoms with Gasteiger partial charge in [-0.1, -0.05) is 35.9 Å². The highest BCUT2D eigenvalue weighted by Crippen LogP contribution is 2.35. The summed E-state index contributed by atoms with van der Waals surface area (Å²) < 4.78 is 51.1. The standard InChI is InChI=1S/C22H19ClF3N3O4/c1-32-11-18(30)15-4-3-5-17(19(15)13-6-8-14(23)9-7-13)27-21(31)20-16(22(24,25)26)10-29(28-20)12-33-2/h3-10H,11-12H2,1-2H3,(H,27,31). The summed E-state index contributed by atoms with van der Waals surface area (Å²) in [5, 5.41) is 6.63. The lowest BCUT2D eigenvalue weighted by Crippen LogP contribution is -2.19. The van der Waals surface area contributed by atoms with E-state index in [2.05, 4.69) is 10.4 Å². The summed E-state index contributed by atoms with van der Waals surface area (Å²) in [6.45, 7) is -0.495. The molecule has 11 heteroatoms. The molecule has 33 heavy (non-hydrogen) atoms. The molecule has 0 aliphatic rings. The maximum atomic E-state index is 13.5. The molecule has 0 spiro atoms. The van der Waals surface area contributed by atoms with E-state index in [-0.39, 0.29) is 30.4 Å². The number of rotatable bonds is 8. The number of alkyl halides is 3. The Morgan fingerprint density at radius 2 is 1.79 bits per heavy atom. The average molecular weight is 482 g/mol. The van der Waals surface area contributed by atoms with Gasteiger partial charge in [-0.25, -0.2) is 4.68 Å². The fourth-order valence-electron chi connectivity index (χ4n) is 3.20. The van der Waals surface area contributed by atoms with Crippen molar-refractivity contribution in [3.05, 3.63) is 70.5 Å². The Kier molecular flexibility index (Phi) is 7.52. The summed E-state index contributed by atoms with van der Waals surface area (Å²) >= 11 is 5.96. The van der Waals surface area contributed by atoms with Gasteiger partial charge >= 0.3 is 6.18 Å². The molecule has 2 aromatic carbocycles. The first-order chi connectivity index (χ1) is 15.7. The molecule has 0 atom stereocenters. The smallest absolute Gasteiger partial charge is 0.377 e. The minimum Gasteiger partial charge on any atom is -0.377 e. The molecule has 1 heterocycles. The van der Waals surface area contributed by atoms with Crippen LogP contribution in [0.3, 0.4) is 0 Å². The maximum Gasteiger partial charge on any atom is 0.420 e. The Hall–Kier alpha value is -3.21. The summed E-state index contributed by atoms with van der Waals surface area (Å²) in [5.41, 5.74) is -0.853. The predicted octanol–water partition coefficient (Wildman–Crippen LogP) is 4.91. The number of ether oxygens (including phenoxy) is 2. The molecule has 174 valence electrons. The Balaban J connectivity index is 2.09. The van der Waals surface area contributed by atoms with Crippen molar-refractivity contribution in [2.24, 2.45) is 0 Å². The molecule has 3 rings (SSSR count). The molecule has 7 nitrogen and oxygen atoms in total. The van der Waals surface area contributed by atoms with Crippen LogP contribution >= 0.6 is 11.6 Å². The molecule has 1 aromatic heterocycles. The quantitative estimate of drug-likeness (QED) is 0.462. The molecule has 0 bridgehead atoms. The zero-order valence-corrected chi connectivity index (χ0v) is 18.3. The molecule has 0 saturated heterocycles. The lowest BCUT2D eigenvalue weighted by Gasteiger charge is -2.16. The second kappa shape index (κ2) is 10.2. The van der Waals surface area contributed by atoms with Crippen LogP contribution in [0.2, 0.25) is 5.02 Å². The molecular formula is C22H19ClF3N3O4. The third kappa shape index (κ3) is 5.59. The van der Waals surface area contributed by atoms with E-state index < -0.39 is 23.3 Å². The van der Waals surface area contributed by atoms with Crippen LogP contribution in [0.15, 0.2) is 48.7 Å². The summed E-state index contributed by atoms with van der Waals surface area (Å²) in [6, 6.07) is 11.0. The first kappa shape index (κ1) is 24.4. The number of nitrogens with zero attached hydrogens (tertiary/aromatic N) is 2. The second-order valence-corrected chi connectivity index (χ2v) is 7.33. The molecule has 0 saturated carbocycles. The summed E-state index contributed by atoms with van der Waals surface area (Å²) in [7, 11) is 2.65. The number of carbonyl (C=O) groups excluding carboxylic acids is 2. The Labute approximate surface area is 192 Å². The molecule has 0 fully saturated rings. The fraction of sp³-hybridized carbons (Fsp3) is 0.227. The van der Waals surface area contributed by atoms with Crippen molar-refractivity contribution in [3.8, 4) is 11.1 Å². The number of Topliss-reactive ketones (excluding diaryl/α,β-unsaturated/α-hetero) is 1. The topological polar surface area (TPSA) is 82.5 Å². The van der Waals surface area contributed by atoms with Gasteiger partial charge in [-0.15, -0.1) is 0 Å². The third-order valence-electron chi connectivity index (χ3n) is 4.56. The van der Waals surface area contributed by atoms with Gasteiger partial charge in [-0.2, -0.15) is 18.3 Å². The summed E-state index contributed by atoms with van der Waals surface area (Å²) in [4.78, 5) is 25.5. The van der Waals surface area contributed by atoms with Crippen LogP contribution in [0.25, 0.3) is 11.1 Å². The van der Waals surface area contributed by atoms with Gasteiger partial charge in [0.25, 0.3) is 5.91 Å². The van der Waals surface area contributed by atoms with Gasteiger partial charge in [0.2, 0.25) is 0 Å². The number of anilines is 1. The normalized spacial score (nSPS) is 11.5. The number of benzene rings is 2. The monoisotopic (exact) mass is 481 g/mol. The number of amides is 1. The molecule has 0 aliphatic carbocycles. The molecule has 1 amide bonds. The van der Waals surface area contributed by atoms with Gasteiger partial charge in [0.1, 0.15) is 18.9 Å².